The first-order chi connectivity index (χ1) is 12.1. The molecule has 0 bridgehead atoms. The van der Waals surface area contributed by atoms with Crippen LogP contribution in [0.4, 0.5) is 0 Å². The summed E-state index contributed by atoms with van der Waals surface area (Å²) in [6.45, 7) is 3.09. The first kappa shape index (κ1) is 18.4. The van der Waals surface area contributed by atoms with Crippen LogP contribution in [0.15, 0.2) is 29.2 Å². The van der Waals surface area contributed by atoms with Crippen molar-refractivity contribution in [1.82, 2.24) is 9.62 Å². The molecule has 2 fully saturated rings. The zero-order valence-electron chi connectivity index (χ0n) is 14.4. The number of benzene rings is 1. The molecule has 1 amide bonds. The molecule has 0 atom stereocenters. The second kappa shape index (κ2) is 8.29. The normalized spacial score (nSPS) is 18.4. The lowest BCUT2D eigenvalue weighted by molar-refractivity contribution is 0.0937. The SMILES string of the molecule is O=C(NCCCOCC1CC1)c1cccc(S(=O)(=O)N2CCCC2)c1. The van der Waals surface area contributed by atoms with Crippen LogP contribution in [0.5, 0.6) is 0 Å². The zero-order valence-corrected chi connectivity index (χ0v) is 15.3. The van der Waals surface area contributed by atoms with E-state index in [0.29, 0.717) is 31.8 Å². The van der Waals surface area contributed by atoms with Crippen molar-refractivity contribution < 1.29 is 17.9 Å². The largest absolute Gasteiger partial charge is 0.381 e. The van der Waals surface area contributed by atoms with E-state index >= 15 is 0 Å². The van der Waals surface area contributed by atoms with Crippen molar-refractivity contribution in [3.63, 3.8) is 0 Å². The molecule has 2 aliphatic rings. The van der Waals surface area contributed by atoms with E-state index in [0.717, 1.165) is 31.8 Å². The minimum atomic E-state index is -3.50. The minimum Gasteiger partial charge on any atom is -0.381 e. The number of carbonyl (C=O) groups excluding carboxylic acids is 1. The highest BCUT2D eigenvalue weighted by Gasteiger charge is 2.27. The monoisotopic (exact) mass is 366 g/mol. The molecule has 138 valence electrons. The molecule has 3 rings (SSSR count). The van der Waals surface area contributed by atoms with Crippen LogP contribution in [0.3, 0.4) is 0 Å². The number of hydrogen-bond donors (Lipinski definition) is 1. The Balaban J connectivity index is 1.50. The predicted molar refractivity (Wildman–Crippen MR) is 94.9 cm³/mol. The third-order valence-electron chi connectivity index (χ3n) is 4.60. The maximum Gasteiger partial charge on any atom is 0.251 e. The van der Waals surface area contributed by atoms with E-state index in [2.05, 4.69) is 5.32 Å². The van der Waals surface area contributed by atoms with Crippen molar-refractivity contribution >= 4 is 15.9 Å². The Hall–Kier alpha value is -1.44. The maximum absolute atomic E-state index is 12.6. The summed E-state index contributed by atoms with van der Waals surface area (Å²) in [5, 5.41) is 2.82. The highest BCUT2D eigenvalue weighted by atomic mass is 32.2. The van der Waals surface area contributed by atoms with Crippen molar-refractivity contribution in [1.29, 1.82) is 0 Å². The molecule has 1 aliphatic heterocycles. The van der Waals surface area contributed by atoms with Gasteiger partial charge in [0.05, 0.1) is 4.90 Å². The quantitative estimate of drug-likeness (QED) is 0.679. The van der Waals surface area contributed by atoms with Crippen LogP contribution in [-0.2, 0) is 14.8 Å². The molecule has 25 heavy (non-hydrogen) atoms. The van der Waals surface area contributed by atoms with Crippen LogP contribution in [-0.4, -0.2) is 51.5 Å². The average Bonchev–Trinajstić information content (AvgIpc) is 3.26. The van der Waals surface area contributed by atoms with Gasteiger partial charge in [-0.05, 0) is 56.2 Å². The number of sulfonamides is 1. The first-order valence-corrected chi connectivity index (χ1v) is 10.5. The molecular formula is C18H26N2O4S. The molecule has 0 radical (unpaired) electrons. The van der Waals surface area contributed by atoms with Gasteiger partial charge in [0.2, 0.25) is 10.0 Å². The van der Waals surface area contributed by atoms with E-state index < -0.39 is 10.0 Å². The van der Waals surface area contributed by atoms with Gasteiger partial charge in [-0.2, -0.15) is 4.31 Å². The summed E-state index contributed by atoms with van der Waals surface area (Å²) in [5.74, 6) is 0.496. The molecule has 0 aromatic heterocycles. The van der Waals surface area contributed by atoms with Crippen LogP contribution in [0, 0.1) is 5.92 Å². The summed E-state index contributed by atoms with van der Waals surface area (Å²) >= 11 is 0. The van der Waals surface area contributed by atoms with Gasteiger partial charge >= 0.3 is 0 Å². The van der Waals surface area contributed by atoms with Gasteiger partial charge in [-0.25, -0.2) is 8.42 Å². The number of amides is 1. The molecule has 1 aromatic rings. The Bertz CT molecular complexity index is 695. The van der Waals surface area contributed by atoms with Crippen molar-refractivity contribution in [2.24, 2.45) is 5.92 Å². The van der Waals surface area contributed by atoms with Gasteiger partial charge in [-0.1, -0.05) is 6.07 Å². The number of nitrogens with one attached hydrogen (secondary N) is 1. The maximum atomic E-state index is 12.6. The lowest BCUT2D eigenvalue weighted by Gasteiger charge is -2.16. The smallest absolute Gasteiger partial charge is 0.251 e. The van der Waals surface area contributed by atoms with Gasteiger partial charge in [0.25, 0.3) is 5.91 Å². The highest BCUT2D eigenvalue weighted by molar-refractivity contribution is 7.89. The van der Waals surface area contributed by atoms with Crippen molar-refractivity contribution in [3.8, 4) is 0 Å². The van der Waals surface area contributed by atoms with E-state index in [4.69, 9.17) is 4.74 Å². The molecule has 6 nitrogen and oxygen atoms in total. The van der Waals surface area contributed by atoms with Crippen molar-refractivity contribution in [3.05, 3.63) is 29.8 Å². The Kier molecular flexibility index (Phi) is 6.09. The Morgan fingerprint density at radius 3 is 2.72 bits per heavy atom. The molecular weight excluding hydrogens is 340 g/mol. The van der Waals surface area contributed by atoms with Gasteiger partial charge in [-0.3, -0.25) is 4.79 Å². The van der Waals surface area contributed by atoms with E-state index in [-0.39, 0.29) is 10.8 Å². The second-order valence-corrected chi connectivity index (χ2v) is 8.70. The fourth-order valence-corrected chi connectivity index (χ4v) is 4.45. The summed E-state index contributed by atoms with van der Waals surface area (Å²) in [7, 11) is -3.50. The third kappa shape index (κ3) is 5.03. The molecule has 1 heterocycles. The van der Waals surface area contributed by atoms with Crippen molar-refractivity contribution in [2.75, 3.05) is 32.8 Å². The molecule has 7 heteroatoms. The number of carbonyl (C=O) groups is 1. The molecule has 1 aliphatic carbocycles. The first-order valence-electron chi connectivity index (χ1n) is 9.03. The van der Waals surface area contributed by atoms with Gasteiger partial charge < -0.3 is 10.1 Å². The Labute approximate surface area is 149 Å². The van der Waals surface area contributed by atoms with E-state index in [1.54, 1.807) is 18.2 Å². The van der Waals surface area contributed by atoms with E-state index in [1.807, 2.05) is 0 Å². The Morgan fingerprint density at radius 1 is 1.24 bits per heavy atom. The number of ether oxygens (including phenoxy) is 1. The lowest BCUT2D eigenvalue weighted by Crippen LogP contribution is -2.29. The topological polar surface area (TPSA) is 75.7 Å². The summed E-state index contributed by atoms with van der Waals surface area (Å²) < 4.78 is 32.2. The van der Waals surface area contributed by atoms with Crippen molar-refractivity contribution in [2.45, 2.75) is 37.0 Å². The number of nitrogens with zero attached hydrogens (tertiary/aromatic N) is 1. The number of hydrogen-bond acceptors (Lipinski definition) is 4. The molecule has 0 spiro atoms. The Morgan fingerprint density at radius 2 is 2.00 bits per heavy atom. The third-order valence-corrected chi connectivity index (χ3v) is 6.50. The van der Waals surface area contributed by atoms with Gasteiger partial charge in [0.1, 0.15) is 0 Å². The molecule has 0 unspecified atom stereocenters. The standard InChI is InChI=1S/C18H26N2O4S/c21-18(19-9-4-12-24-14-15-7-8-15)16-5-3-6-17(13-16)25(22,23)20-10-1-2-11-20/h3,5-6,13,15H,1-2,4,7-12,14H2,(H,19,21). The lowest BCUT2D eigenvalue weighted by atomic mass is 10.2. The van der Waals surface area contributed by atoms with Crippen LogP contribution < -0.4 is 5.32 Å². The molecule has 1 saturated carbocycles. The fraction of sp³-hybridized carbons (Fsp3) is 0.611. The van der Waals surface area contributed by atoms with Gasteiger partial charge in [0, 0.05) is 38.4 Å². The summed E-state index contributed by atoms with van der Waals surface area (Å²) in [4.78, 5) is 12.4. The molecule has 1 saturated heterocycles. The van der Waals surface area contributed by atoms with Crippen LogP contribution in [0.25, 0.3) is 0 Å². The van der Waals surface area contributed by atoms with Gasteiger partial charge in [0.15, 0.2) is 0 Å². The molecule has 1 aromatic carbocycles. The molecule has 1 N–H and O–H groups in total. The van der Waals surface area contributed by atoms with E-state index in [9.17, 15) is 13.2 Å². The zero-order chi connectivity index (χ0) is 17.7. The van der Waals surface area contributed by atoms with Gasteiger partial charge in [-0.15, -0.1) is 0 Å². The predicted octanol–water partition coefficient (Wildman–Crippen LogP) is 2.02. The summed E-state index contributed by atoms with van der Waals surface area (Å²) in [5.41, 5.74) is 0.374. The average molecular weight is 366 g/mol. The van der Waals surface area contributed by atoms with Crippen LogP contribution in [0.2, 0.25) is 0 Å². The second-order valence-electron chi connectivity index (χ2n) is 6.77. The highest BCUT2D eigenvalue weighted by Crippen LogP contribution is 2.28. The van der Waals surface area contributed by atoms with Crippen LogP contribution >= 0.6 is 0 Å². The number of rotatable bonds is 9. The summed E-state index contributed by atoms with van der Waals surface area (Å²) in [6, 6.07) is 6.28. The van der Waals surface area contributed by atoms with E-state index in [1.165, 1.54) is 23.2 Å². The summed E-state index contributed by atoms with van der Waals surface area (Å²) in [6.07, 6.45) is 5.08. The van der Waals surface area contributed by atoms with Crippen LogP contribution in [0.1, 0.15) is 42.5 Å². The fourth-order valence-electron chi connectivity index (χ4n) is 2.89. The minimum absolute atomic E-state index is 0.190.